The fourth-order valence-electron chi connectivity index (χ4n) is 1.62. The highest BCUT2D eigenvalue weighted by Crippen LogP contribution is 2.25. The predicted molar refractivity (Wildman–Crippen MR) is 74.7 cm³/mol. The summed E-state index contributed by atoms with van der Waals surface area (Å²) in [6.45, 7) is -0.739. The minimum absolute atomic E-state index is 0.0529. The Hall–Kier alpha value is -2.68. The fraction of sp³-hybridized carbons (Fsp3) is 0.385. The standard InChI is InChI=1S/C13H16N2O7/c1-21-7-6-14(8-13(17)18)12(16)9-22-11-5-3-2-4-10(11)15(19)20/h2-5H,6-9H2,1H3,(H,17,18). The topological polar surface area (TPSA) is 119 Å². The first-order valence-corrected chi connectivity index (χ1v) is 6.30. The van der Waals surface area contributed by atoms with Crippen molar-refractivity contribution in [1.29, 1.82) is 0 Å². The molecule has 1 N–H and O–H groups in total. The van der Waals surface area contributed by atoms with Crippen LogP contribution in [-0.4, -0.2) is 60.2 Å². The number of nitro groups is 1. The zero-order chi connectivity index (χ0) is 16.5. The number of methoxy groups -OCH3 is 1. The number of nitro benzene ring substituents is 1. The van der Waals surface area contributed by atoms with Crippen molar-refractivity contribution in [2.24, 2.45) is 0 Å². The Labute approximate surface area is 126 Å². The van der Waals surface area contributed by atoms with Gasteiger partial charge in [-0.15, -0.1) is 0 Å². The van der Waals surface area contributed by atoms with Gasteiger partial charge in [-0.1, -0.05) is 12.1 Å². The Bertz CT molecular complexity index is 547. The van der Waals surface area contributed by atoms with Crippen molar-refractivity contribution in [3.63, 3.8) is 0 Å². The number of ether oxygens (including phenoxy) is 2. The molecule has 0 radical (unpaired) electrons. The molecule has 0 spiro atoms. The molecule has 1 amide bonds. The Kier molecular flexibility index (Phi) is 6.77. The molecule has 1 aromatic carbocycles. The molecular formula is C13H16N2O7. The molecule has 0 atom stereocenters. The molecule has 0 fully saturated rings. The van der Waals surface area contributed by atoms with Gasteiger partial charge in [-0.3, -0.25) is 19.7 Å². The van der Waals surface area contributed by atoms with Gasteiger partial charge in [0.2, 0.25) is 0 Å². The van der Waals surface area contributed by atoms with Gasteiger partial charge in [-0.25, -0.2) is 0 Å². The van der Waals surface area contributed by atoms with Gasteiger partial charge in [0.05, 0.1) is 11.5 Å². The molecule has 9 nitrogen and oxygen atoms in total. The zero-order valence-corrected chi connectivity index (χ0v) is 11.9. The average Bonchev–Trinajstić information content (AvgIpc) is 2.48. The van der Waals surface area contributed by atoms with Crippen LogP contribution in [0.4, 0.5) is 5.69 Å². The van der Waals surface area contributed by atoms with E-state index in [0.29, 0.717) is 0 Å². The molecule has 120 valence electrons. The van der Waals surface area contributed by atoms with Gasteiger partial charge in [0, 0.05) is 19.7 Å². The Morgan fingerprint density at radius 2 is 2.05 bits per heavy atom. The molecule has 0 aliphatic rings. The third kappa shape index (κ3) is 5.37. The maximum Gasteiger partial charge on any atom is 0.323 e. The van der Waals surface area contributed by atoms with E-state index in [0.717, 1.165) is 4.90 Å². The summed E-state index contributed by atoms with van der Waals surface area (Å²) >= 11 is 0. The lowest BCUT2D eigenvalue weighted by molar-refractivity contribution is -0.385. The van der Waals surface area contributed by atoms with Crippen molar-refractivity contribution in [2.75, 3.05) is 33.4 Å². The third-order valence-electron chi connectivity index (χ3n) is 2.66. The van der Waals surface area contributed by atoms with Gasteiger partial charge in [0.1, 0.15) is 6.54 Å². The summed E-state index contributed by atoms with van der Waals surface area (Å²) in [4.78, 5) is 33.9. The van der Waals surface area contributed by atoms with Gasteiger partial charge in [0.25, 0.3) is 5.91 Å². The maximum absolute atomic E-state index is 12.0. The van der Waals surface area contributed by atoms with Crippen LogP contribution in [0.1, 0.15) is 0 Å². The highest BCUT2D eigenvalue weighted by molar-refractivity contribution is 5.82. The smallest absolute Gasteiger partial charge is 0.323 e. The summed E-state index contributed by atoms with van der Waals surface area (Å²) < 4.78 is 9.94. The molecule has 1 rings (SSSR count). The first kappa shape index (κ1) is 17.4. The molecule has 0 aliphatic carbocycles. The minimum Gasteiger partial charge on any atom is -0.480 e. The van der Waals surface area contributed by atoms with Crippen molar-refractivity contribution in [1.82, 2.24) is 4.90 Å². The SMILES string of the molecule is COCCN(CC(=O)O)C(=O)COc1ccccc1[N+](=O)[O-]. The molecule has 0 saturated carbocycles. The number of amides is 1. The monoisotopic (exact) mass is 312 g/mol. The van der Waals surface area contributed by atoms with Crippen LogP contribution in [0, 0.1) is 10.1 Å². The van der Waals surface area contributed by atoms with Gasteiger partial charge >= 0.3 is 11.7 Å². The normalized spacial score (nSPS) is 10.0. The van der Waals surface area contributed by atoms with Crippen LogP contribution < -0.4 is 4.74 Å². The summed E-state index contributed by atoms with van der Waals surface area (Å²) in [6.07, 6.45) is 0. The Morgan fingerprint density at radius 1 is 1.36 bits per heavy atom. The van der Waals surface area contributed by atoms with Crippen LogP contribution in [-0.2, 0) is 14.3 Å². The van der Waals surface area contributed by atoms with E-state index in [1.165, 1.54) is 31.4 Å². The van der Waals surface area contributed by atoms with Gasteiger partial charge < -0.3 is 19.5 Å². The highest BCUT2D eigenvalue weighted by Gasteiger charge is 2.19. The number of benzene rings is 1. The second-order valence-electron chi connectivity index (χ2n) is 4.22. The molecule has 0 heterocycles. The summed E-state index contributed by atoms with van der Waals surface area (Å²) in [5, 5.41) is 19.6. The van der Waals surface area contributed by atoms with Crippen molar-refractivity contribution in [2.45, 2.75) is 0 Å². The van der Waals surface area contributed by atoms with Crippen LogP contribution in [0.3, 0.4) is 0 Å². The minimum atomic E-state index is -1.17. The van der Waals surface area contributed by atoms with Crippen molar-refractivity contribution >= 4 is 17.6 Å². The number of carboxylic acids is 1. The van der Waals surface area contributed by atoms with Crippen LogP contribution in [0.25, 0.3) is 0 Å². The number of hydrogen-bond acceptors (Lipinski definition) is 6. The lowest BCUT2D eigenvalue weighted by Gasteiger charge is -2.20. The first-order chi connectivity index (χ1) is 10.5. The van der Waals surface area contributed by atoms with E-state index in [2.05, 4.69) is 0 Å². The first-order valence-electron chi connectivity index (χ1n) is 6.30. The second kappa shape index (κ2) is 8.57. The summed E-state index contributed by atoms with van der Waals surface area (Å²) in [5.41, 5.74) is -0.267. The Balaban J connectivity index is 2.70. The lowest BCUT2D eigenvalue weighted by Crippen LogP contribution is -2.40. The molecule has 0 saturated heterocycles. The van der Waals surface area contributed by atoms with Crippen LogP contribution in [0.15, 0.2) is 24.3 Å². The fourth-order valence-corrected chi connectivity index (χ4v) is 1.62. The zero-order valence-electron chi connectivity index (χ0n) is 11.9. The molecule has 0 aromatic heterocycles. The van der Waals surface area contributed by atoms with Gasteiger partial charge in [0.15, 0.2) is 12.4 Å². The number of carbonyl (C=O) groups excluding carboxylic acids is 1. The lowest BCUT2D eigenvalue weighted by atomic mass is 10.3. The molecule has 1 aromatic rings. The largest absolute Gasteiger partial charge is 0.480 e. The number of nitrogens with zero attached hydrogens (tertiary/aromatic N) is 2. The summed E-state index contributed by atoms with van der Waals surface area (Å²) in [7, 11) is 1.42. The van der Waals surface area contributed by atoms with E-state index >= 15 is 0 Å². The van der Waals surface area contributed by atoms with Crippen LogP contribution >= 0.6 is 0 Å². The number of para-hydroxylation sites is 2. The number of rotatable bonds is 9. The van der Waals surface area contributed by atoms with Gasteiger partial charge in [-0.05, 0) is 6.07 Å². The number of aliphatic carboxylic acids is 1. The molecule has 0 aliphatic heterocycles. The second-order valence-corrected chi connectivity index (χ2v) is 4.22. The van der Waals surface area contributed by atoms with Gasteiger partial charge in [-0.2, -0.15) is 0 Å². The van der Waals surface area contributed by atoms with E-state index in [4.69, 9.17) is 14.6 Å². The quantitative estimate of drug-likeness (QED) is 0.522. The van der Waals surface area contributed by atoms with E-state index < -0.39 is 30.0 Å². The van der Waals surface area contributed by atoms with E-state index in [1.54, 1.807) is 0 Å². The molecule has 0 bridgehead atoms. The highest BCUT2D eigenvalue weighted by atomic mass is 16.6. The molecule has 9 heteroatoms. The summed E-state index contributed by atoms with van der Waals surface area (Å²) in [6, 6.07) is 5.62. The molecular weight excluding hydrogens is 296 g/mol. The third-order valence-corrected chi connectivity index (χ3v) is 2.66. The van der Waals surface area contributed by atoms with E-state index in [9.17, 15) is 19.7 Å². The van der Waals surface area contributed by atoms with E-state index in [1.807, 2.05) is 0 Å². The number of carbonyl (C=O) groups is 2. The number of hydrogen-bond donors (Lipinski definition) is 1. The summed E-state index contributed by atoms with van der Waals surface area (Å²) in [5.74, 6) is -1.82. The number of carboxylic acid groups (broad SMARTS) is 1. The van der Waals surface area contributed by atoms with Crippen molar-refractivity contribution < 1.29 is 29.1 Å². The average molecular weight is 312 g/mol. The molecule has 0 unspecified atom stereocenters. The van der Waals surface area contributed by atoms with Crippen LogP contribution in [0.5, 0.6) is 5.75 Å². The Morgan fingerprint density at radius 3 is 2.64 bits per heavy atom. The van der Waals surface area contributed by atoms with Crippen molar-refractivity contribution in [3.8, 4) is 5.75 Å². The predicted octanol–water partition coefficient (Wildman–Crippen LogP) is 0.533. The maximum atomic E-state index is 12.0. The van der Waals surface area contributed by atoms with Crippen LogP contribution in [0.2, 0.25) is 0 Å². The van der Waals surface area contributed by atoms with E-state index in [-0.39, 0.29) is 24.6 Å². The van der Waals surface area contributed by atoms with Crippen molar-refractivity contribution in [3.05, 3.63) is 34.4 Å². The molecule has 22 heavy (non-hydrogen) atoms.